The number of methoxy groups -OCH3 is 2. The minimum absolute atomic E-state index is 0.183. The van der Waals surface area contributed by atoms with Crippen LogP contribution >= 0.6 is 0 Å². The molecule has 0 aromatic heterocycles. The molecule has 20 heavy (non-hydrogen) atoms. The number of hydrogen-bond acceptors (Lipinski definition) is 4. The second-order valence-corrected chi connectivity index (χ2v) is 4.51. The zero-order chi connectivity index (χ0) is 14.5. The van der Waals surface area contributed by atoms with Crippen LogP contribution in [0.4, 0.5) is 0 Å². The van der Waals surface area contributed by atoms with Crippen LogP contribution in [0.1, 0.15) is 11.1 Å². The fourth-order valence-corrected chi connectivity index (χ4v) is 2.10. The molecule has 0 radical (unpaired) electrons. The van der Waals surface area contributed by atoms with Crippen molar-refractivity contribution in [3.05, 3.63) is 47.5 Å². The molecule has 2 rings (SSSR count). The molecule has 4 nitrogen and oxygen atoms in total. The molecule has 0 amide bonds. The zero-order valence-corrected chi connectivity index (χ0v) is 11.6. The Hall–Kier alpha value is -2.36. The molecule has 0 bridgehead atoms. The maximum absolute atomic E-state index is 9.99. The standard InChI is InChI=1S/C16H18O4/c1-19-15-9-12(14(18)10-16(15)20-2)7-6-11-4-3-5-13(17)8-11/h3-5,8-10,17-18H,6-7H2,1-2H3. The number of phenols is 2. The smallest absolute Gasteiger partial charge is 0.164 e. The average molecular weight is 274 g/mol. The fourth-order valence-electron chi connectivity index (χ4n) is 2.10. The third-order valence-electron chi connectivity index (χ3n) is 3.18. The van der Waals surface area contributed by atoms with Crippen LogP contribution in [-0.4, -0.2) is 24.4 Å². The summed E-state index contributed by atoms with van der Waals surface area (Å²) >= 11 is 0. The molecule has 0 heterocycles. The van der Waals surface area contributed by atoms with Crippen molar-refractivity contribution in [1.29, 1.82) is 0 Å². The highest BCUT2D eigenvalue weighted by Gasteiger charge is 2.10. The van der Waals surface area contributed by atoms with Gasteiger partial charge in [-0.1, -0.05) is 12.1 Å². The van der Waals surface area contributed by atoms with E-state index in [1.165, 1.54) is 7.11 Å². The van der Waals surface area contributed by atoms with Crippen LogP contribution in [0.3, 0.4) is 0 Å². The van der Waals surface area contributed by atoms with E-state index < -0.39 is 0 Å². The fraction of sp³-hybridized carbons (Fsp3) is 0.250. The van der Waals surface area contributed by atoms with Gasteiger partial charge in [-0.05, 0) is 42.2 Å². The summed E-state index contributed by atoms with van der Waals surface area (Å²) in [5, 5.41) is 19.4. The molecule has 0 unspecified atom stereocenters. The molecule has 0 spiro atoms. The summed E-state index contributed by atoms with van der Waals surface area (Å²) in [6.07, 6.45) is 1.37. The Balaban J connectivity index is 2.17. The van der Waals surface area contributed by atoms with Gasteiger partial charge in [-0.25, -0.2) is 0 Å². The first-order chi connectivity index (χ1) is 9.63. The Morgan fingerprint density at radius 2 is 1.60 bits per heavy atom. The van der Waals surface area contributed by atoms with E-state index in [1.54, 1.807) is 37.4 Å². The topological polar surface area (TPSA) is 58.9 Å². The summed E-state index contributed by atoms with van der Waals surface area (Å²) in [4.78, 5) is 0. The molecule has 0 aliphatic heterocycles. The van der Waals surface area contributed by atoms with Crippen LogP contribution in [0.5, 0.6) is 23.0 Å². The van der Waals surface area contributed by atoms with Crippen molar-refractivity contribution in [3.8, 4) is 23.0 Å². The number of aryl methyl sites for hydroxylation is 2. The highest BCUT2D eigenvalue weighted by molar-refractivity contribution is 5.50. The van der Waals surface area contributed by atoms with E-state index in [0.29, 0.717) is 17.9 Å². The number of rotatable bonds is 5. The van der Waals surface area contributed by atoms with Crippen molar-refractivity contribution < 1.29 is 19.7 Å². The average Bonchev–Trinajstić information content (AvgIpc) is 2.45. The first kappa shape index (κ1) is 14.1. The minimum atomic E-state index is 0.183. The molecular formula is C16H18O4. The Morgan fingerprint density at radius 3 is 2.25 bits per heavy atom. The summed E-state index contributed by atoms with van der Waals surface area (Å²) in [5.41, 5.74) is 1.80. The van der Waals surface area contributed by atoms with E-state index in [2.05, 4.69) is 0 Å². The second kappa shape index (κ2) is 6.19. The Kier molecular flexibility index (Phi) is 4.35. The summed E-state index contributed by atoms with van der Waals surface area (Å²) < 4.78 is 10.4. The van der Waals surface area contributed by atoms with Crippen LogP contribution in [0.25, 0.3) is 0 Å². The van der Waals surface area contributed by atoms with Gasteiger partial charge in [0.25, 0.3) is 0 Å². The predicted molar refractivity (Wildman–Crippen MR) is 76.7 cm³/mol. The second-order valence-electron chi connectivity index (χ2n) is 4.51. The van der Waals surface area contributed by atoms with Gasteiger partial charge in [0, 0.05) is 6.07 Å². The van der Waals surface area contributed by atoms with Gasteiger partial charge >= 0.3 is 0 Å². The Labute approximate surface area is 118 Å². The lowest BCUT2D eigenvalue weighted by Crippen LogP contribution is -1.96. The van der Waals surface area contributed by atoms with Crippen molar-refractivity contribution in [2.45, 2.75) is 12.8 Å². The Morgan fingerprint density at radius 1 is 0.900 bits per heavy atom. The lowest BCUT2D eigenvalue weighted by Gasteiger charge is -2.11. The molecule has 0 fully saturated rings. The van der Waals surface area contributed by atoms with Crippen molar-refractivity contribution in [2.75, 3.05) is 14.2 Å². The van der Waals surface area contributed by atoms with Crippen LogP contribution in [0.2, 0.25) is 0 Å². The predicted octanol–water partition coefficient (Wildman–Crippen LogP) is 2.90. The molecule has 0 aliphatic carbocycles. The minimum Gasteiger partial charge on any atom is -0.508 e. The lowest BCUT2D eigenvalue weighted by atomic mass is 10.0. The molecule has 106 valence electrons. The van der Waals surface area contributed by atoms with Gasteiger partial charge in [-0.2, -0.15) is 0 Å². The van der Waals surface area contributed by atoms with Crippen molar-refractivity contribution in [1.82, 2.24) is 0 Å². The molecule has 2 aromatic rings. The molecule has 0 saturated heterocycles. The van der Waals surface area contributed by atoms with Crippen LogP contribution in [0.15, 0.2) is 36.4 Å². The summed E-state index contributed by atoms with van der Waals surface area (Å²) in [6.45, 7) is 0. The number of phenolic OH excluding ortho intramolecular Hbond substituents is 2. The number of hydrogen-bond donors (Lipinski definition) is 2. The zero-order valence-electron chi connectivity index (χ0n) is 11.6. The molecule has 4 heteroatoms. The Bertz CT molecular complexity index is 593. The lowest BCUT2D eigenvalue weighted by molar-refractivity contribution is 0.350. The van der Waals surface area contributed by atoms with E-state index >= 15 is 0 Å². The first-order valence-corrected chi connectivity index (χ1v) is 6.36. The number of ether oxygens (including phenoxy) is 2. The van der Waals surface area contributed by atoms with Gasteiger partial charge in [0.1, 0.15) is 11.5 Å². The molecule has 2 aromatic carbocycles. The van der Waals surface area contributed by atoms with Crippen LogP contribution in [0, 0.1) is 0 Å². The van der Waals surface area contributed by atoms with Gasteiger partial charge in [0.2, 0.25) is 0 Å². The highest BCUT2D eigenvalue weighted by atomic mass is 16.5. The number of benzene rings is 2. The highest BCUT2D eigenvalue weighted by Crippen LogP contribution is 2.34. The first-order valence-electron chi connectivity index (χ1n) is 6.36. The molecule has 0 aliphatic rings. The van der Waals surface area contributed by atoms with Crippen molar-refractivity contribution >= 4 is 0 Å². The molecule has 0 saturated carbocycles. The van der Waals surface area contributed by atoms with E-state index in [-0.39, 0.29) is 11.5 Å². The van der Waals surface area contributed by atoms with E-state index in [4.69, 9.17) is 9.47 Å². The maximum Gasteiger partial charge on any atom is 0.164 e. The van der Waals surface area contributed by atoms with Crippen LogP contribution in [-0.2, 0) is 12.8 Å². The van der Waals surface area contributed by atoms with Gasteiger partial charge < -0.3 is 19.7 Å². The SMILES string of the molecule is COc1cc(O)c(CCc2cccc(O)c2)cc1OC. The molecular weight excluding hydrogens is 256 g/mol. The summed E-state index contributed by atoms with van der Waals surface area (Å²) in [7, 11) is 3.09. The van der Waals surface area contributed by atoms with Gasteiger partial charge in [0.05, 0.1) is 14.2 Å². The molecule has 2 N–H and O–H groups in total. The summed E-state index contributed by atoms with van der Waals surface area (Å²) in [5.74, 6) is 1.53. The van der Waals surface area contributed by atoms with Gasteiger partial charge in [-0.3, -0.25) is 0 Å². The quantitative estimate of drug-likeness (QED) is 0.880. The van der Waals surface area contributed by atoms with Gasteiger partial charge in [-0.15, -0.1) is 0 Å². The third-order valence-corrected chi connectivity index (χ3v) is 3.18. The van der Waals surface area contributed by atoms with Crippen molar-refractivity contribution in [3.63, 3.8) is 0 Å². The van der Waals surface area contributed by atoms with E-state index in [9.17, 15) is 10.2 Å². The van der Waals surface area contributed by atoms with E-state index in [0.717, 1.165) is 17.5 Å². The van der Waals surface area contributed by atoms with Crippen LogP contribution < -0.4 is 9.47 Å². The van der Waals surface area contributed by atoms with E-state index in [1.807, 2.05) is 6.07 Å². The third kappa shape index (κ3) is 3.15. The number of aromatic hydroxyl groups is 2. The monoisotopic (exact) mass is 274 g/mol. The summed E-state index contributed by atoms with van der Waals surface area (Å²) in [6, 6.07) is 10.4. The molecule has 0 atom stereocenters. The van der Waals surface area contributed by atoms with Crippen molar-refractivity contribution in [2.24, 2.45) is 0 Å². The van der Waals surface area contributed by atoms with Gasteiger partial charge in [0.15, 0.2) is 11.5 Å². The largest absolute Gasteiger partial charge is 0.508 e. The maximum atomic E-state index is 9.99. The normalized spacial score (nSPS) is 10.3.